The van der Waals surface area contributed by atoms with Crippen LogP contribution in [-0.2, 0) is 9.59 Å². The Hall–Kier alpha value is -2.61. The molecule has 0 saturated heterocycles. The van der Waals surface area contributed by atoms with Crippen LogP contribution in [-0.4, -0.2) is 33.5 Å². The number of hydrogen-bond donors (Lipinski definition) is 3. The standard InChI is InChI=1S/C13H13N3O4S/c14-10(17)7-8(13(19)20)15-12(18)11-9(3-6-21-11)16-4-1-2-5-16/h1-6,8H,7H2,(H2,14,17)(H,15,18)(H,19,20). The Labute approximate surface area is 124 Å². The zero-order chi connectivity index (χ0) is 15.4. The molecule has 2 aromatic rings. The van der Waals surface area contributed by atoms with Crippen molar-refractivity contribution in [3.8, 4) is 5.69 Å². The first-order chi connectivity index (χ1) is 9.99. The summed E-state index contributed by atoms with van der Waals surface area (Å²) in [6.07, 6.45) is 3.10. The van der Waals surface area contributed by atoms with Gasteiger partial charge >= 0.3 is 5.97 Å². The maximum absolute atomic E-state index is 12.2. The third kappa shape index (κ3) is 3.48. The molecule has 21 heavy (non-hydrogen) atoms. The van der Waals surface area contributed by atoms with Crippen molar-refractivity contribution in [2.45, 2.75) is 12.5 Å². The average molecular weight is 307 g/mol. The largest absolute Gasteiger partial charge is 0.480 e. The second-order valence-corrected chi connectivity index (χ2v) is 5.18. The Kier molecular flexibility index (Phi) is 4.39. The average Bonchev–Trinajstić information content (AvgIpc) is 3.07. The summed E-state index contributed by atoms with van der Waals surface area (Å²) >= 11 is 1.19. The van der Waals surface area contributed by atoms with Gasteiger partial charge in [0.15, 0.2) is 0 Å². The van der Waals surface area contributed by atoms with E-state index < -0.39 is 30.2 Å². The molecule has 2 amide bonds. The number of rotatable bonds is 6. The van der Waals surface area contributed by atoms with Crippen LogP contribution >= 0.6 is 11.3 Å². The van der Waals surface area contributed by atoms with Gasteiger partial charge in [-0.2, -0.15) is 0 Å². The van der Waals surface area contributed by atoms with E-state index in [2.05, 4.69) is 5.32 Å². The first kappa shape index (κ1) is 14.8. The quantitative estimate of drug-likeness (QED) is 0.724. The Morgan fingerprint density at radius 1 is 1.33 bits per heavy atom. The van der Waals surface area contributed by atoms with Crippen molar-refractivity contribution in [2.24, 2.45) is 5.73 Å². The van der Waals surface area contributed by atoms with Gasteiger partial charge in [-0.1, -0.05) is 0 Å². The number of thiophene rings is 1. The lowest BCUT2D eigenvalue weighted by Gasteiger charge is -2.13. The highest BCUT2D eigenvalue weighted by molar-refractivity contribution is 7.12. The number of hydrogen-bond acceptors (Lipinski definition) is 4. The molecule has 2 rings (SSSR count). The van der Waals surface area contributed by atoms with Crippen molar-refractivity contribution in [1.29, 1.82) is 0 Å². The summed E-state index contributed by atoms with van der Waals surface area (Å²) in [4.78, 5) is 34.4. The van der Waals surface area contributed by atoms with E-state index in [0.717, 1.165) is 0 Å². The van der Waals surface area contributed by atoms with Crippen LogP contribution in [0.2, 0.25) is 0 Å². The van der Waals surface area contributed by atoms with Gasteiger partial charge in [0, 0.05) is 12.4 Å². The molecule has 0 spiro atoms. The molecule has 0 aliphatic heterocycles. The van der Waals surface area contributed by atoms with Crippen LogP contribution in [0.3, 0.4) is 0 Å². The number of carboxylic acid groups (broad SMARTS) is 1. The van der Waals surface area contributed by atoms with Crippen LogP contribution in [0, 0.1) is 0 Å². The van der Waals surface area contributed by atoms with Gasteiger partial charge in [-0.15, -0.1) is 11.3 Å². The van der Waals surface area contributed by atoms with E-state index in [1.807, 2.05) is 12.1 Å². The molecule has 2 heterocycles. The van der Waals surface area contributed by atoms with Crippen LogP contribution < -0.4 is 11.1 Å². The summed E-state index contributed by atoms with van der Waals surface area (Å²) in [5.41, 5.74) is 5.62. The summed E-state index contributed by atoms with van der Waals surface area (Å²) in [6.45, 7) is 0. The highest BCUT2D eigenvalue weighted by Gasteiger charge is 2.24. The number of amides is 2. The summed E-state index contributed by atoms with van der Waals surface area (Å²) in [5.74, 6) is -2.65. The molecular weight excluding hydrogens is 294 g/mol. The van der Waals surface area contributed by atoms with Crippen molar-refractivity contribution < 1.29 is 19.5 Å². The molecule has 7 nitrogen and oxygen atoms in total. The maximum atomic E-state index is 12.2. The van der Waals surface area contributed by atoms with Crippen LogP contribution in [0.15, 0.2) is 36.0 Å². The second kappa shape index (κ2) is 6.23. The molecule has 0 aliphatic rings. The van der Waals surface area contributed by atoms with Gasteiger partial charge in [0.1, 0.15) is 10.9 Å². The van der Waals surface area contributed by atoms with Crippen LogP contribution in [0.25, 0.3) is 5.69 Å². The molecule has 0 bridgehead atoms. The molecule has 1 atom stereocenters. The molecule has 0 radical (unpaired) electrons. The number of carbonyl (C=O) groups is 3. The van der Waals surface area contributed by atoms with Gasteiger partial charge in [0.05, 0.1) is 12.1 Å². The summed E-state index contributed by atoms with van der Waals surface area (Å²) < 4.78 is 1.75. The zero-order valence-electron chi connectivity index (χ0n) is 10.9. The van der Waals surface area contributed by atoms with E-state index in [1.54, 1.807) is 28.4 Å². The van der Waals surface area contributed by atoms with Crippen molar-refractivity contribution in [2.75, 3.05) is 0 Å². The highest BCUT2D eigenvalue weighted by Crippen LogP contribution is 2.21. The topological polar surface area (TPSA) is 114 Å². The molecule has 0 fully saturated rings. The van der Waals surface area contributed by atoms with Crippen LogP contribution in [0.1, 0.15) is 16.1 Å². The molecule has 110 valence electrons. The maximum Gasteiger partial charge on any atom is 0.326 e. The monoisotopic (exact) mass is 307 g/mol. The molecule has 0 aromatic carbocycles. The van der Waals surface area contributed by atoms with Gasteiger partial charge in [0.2, 0.25) is 5.91 Å². The summed E-state index contributed by atoms with van der Waals surface area (Å²) in [5, 5.41) is 13.0. The molecule has 1 unspecified atom stereocenters. The summed E-state index contributed by atoms with van der Waals surface area (Å²) in [6, 6.07) is 4.04. The number of nitrogens with zero attached hydrogens (tertiary/aromatic N) is 1. The number of carbonyl (C=O) groups excluding carboxylic acids is 2. The van der Waals surface area contributed by atoms with E-state index in [-0.39, 0.29) is 0 Å². The predicted molar refractivity (Wildman–Crippen MR) is 76.3 cm³/mol. The van der Waals surface area contributed by atoms with Gasteiger partial charge in [-0.25, -0.2) is 4.79 Å². The van der Waals surface area contributed by atoms with E-state index in [0.29, 0.717) is 10.6 Å². The Balaban J connectivity index is 2.19. The van der Waals surface area contributed by atoms with E-state index in [4.69, 9.17) is 10.8 Å². The van der Waals surface area contributed by atoms with E-state index in [1.165, 1.54) is 11.3 Å². The van der Waals surface area contributed by atoms with Crippen molar-refractivity contribution in [3.63, 3.8) is 0 Å². The minimum absolute atomic E-state index is 0.363. The van der Waals surface area contributed by atoms with Gasteiger partial charge in [0.25, 0.3) is 5.91 Å². The zero-order valence-corrected chi connectivity index (χ0v) is 11.7. The van der Waals surface area contributed by atoms with Gasteiger partial charge in [-0.05, 0) is 23.6 Å². The Morgan fingerprint density at radius 3 is 2.57 bits per heavy atom. The SMILES string of the molecule is NC(=O)CC(NC(=O)c1sccc1-n1cccc1)C(=O)O. The lowest BCUT2D eigenvalue weighted by Crippen LogP contribution is -2.43. The second-order valence-electron chi connectivity index (χ2n) is 4.26. The first-order valence-electron chi connectivity index (χ1n) is 6.02. The fourth-order valence-corrected chi connectivity index (χ4v) is 2.59. The Morgan fingerprint density at radius 2 is 2.00 bits per heavy atom. The van der Waals surface area contributed by atoms with E-state index in [9.17, 15) is 14.4 Å². The minimum Gasteiger partial charge on any atom is -0.480 e. The van der Waals surface area contributed by atoms with E-state index >= 15 is 0 Å². The smallest absolute Gasteiger partial charge is 0.326 e. The van der Waals surface area contributed by atoms with Gasteiger partial charge in [-0.3, -0.25) is 9.59 Å². The lowest BCUT2D eigenvalue weighted by atomic mass is 10.2. The number of aliphatic carboxylic acids is 1. The Bertz CT molecular complexity index is 663. The number of nitrogens with one attached hydrogen (secondary N) is 1. The minimum atomic E-state index is -1.34. The molecule has 0 aliphatic carbocycles. The molecule has 0 saturated carbocycles. The lowest BCUT2D eigenvalue weighted by molar-refractivity contribution is -0.140. The highest BCUT2D eigenvalue weighted by atomic mass is 32.1. The fraction of sp³-hybridized carbons (Fsp3) is 0.154. The third-order valence-corrected chi connectivity index (χ3v) is 3.64. The van der Waals surface area contributed by atoms with Crippen molar-refractivity contribution >= 4 is 29.1 Å². The van der Waals surface area contributed by atoms with Gasteiger partial charge < -0.3 is 20.7 Å². The molecule has 4 N–H and O–H groups in total. The predicted octanol–water partition coefficient (Wildman–Crippen LogP) is 0.597. The molecule has 2 aromatic heterocycles. The van der Waals surface area contributed by atoms with Crippen molar-refractivity contribution in [1.82, 2.24) is 9.88 Å². The number of nitrogens with two attached hydrogens (primary N) is 1. The number of aromatic nitrogens is 1. The fourth-order valence-electron chi connectivity index (χ4n) is 1.80. The van der Waals surface area contributed by atoms with Crippen LogP contribution in [0.5, 0.6) is 0 Å². The number of primary amides is 1. The molecule has 8 heteroatoms. The summed E-state index contributed by atoms with van der Waals surface area (Å²) in [7, 11) is 0. The number of carboxylic acids is 1. The van der Waals surface area contributed by atoms with Crippen molar-refractivity contribution in [3.05, 3.63) is 40.8 Å². The molecular formula is C13H13N3O4S. The first-order valence-corrected chi connectivity index (χ1v) is 6.90. The normalized spacial score (nSPS) is 11.8. The van der Waals surface area contributed by atoms with Crippen LogP contribution in [0.4, 0.5) is 0 Å². The third-order valence-electron chi connectivity index (χ3n) is 2.74.